The molecule has 0 saturated carbocycles. The summed E-state index contributed by atoms with van der Waals surface area (Å²) in [5.41, 5.74) is 1.28. The fraction of sp³-hybridized carbons (Fsp3) is 0.350. The van der Waals surface area contributed by atoms with Gasteiger partial charge in [0.25, 0.3) is 5.56 Å². The number of nitrogens with one attached hydrogen (secondary N) is 1. The van der Waals surface area contributed by atoms with Crippen molar-refractivity contribution in [2.45, 2.75) is 19.3 Å². The Bertz CT molecular complexity index is 930. The standard InChI is InChI=1S/C20H22N4O2/c25-20-17-8-9-21-14-18(17)22-19(23-20)15-4-6-16(7-5-15)26-13-3-12-24-10-1-2-11-24/h4-9,14H,1-3,10-13H2,(H,22,23,25). The average Bonchev–Trinajstić information content (AvgIpc) is 3.19. The molecule has 0 amide bonds. The van der Waals surface area contributed by atoms with Crippen LogP contribution in [0.4, 0.5) is 0 Å². The first-order valence-electron chi connectivity index (χ1n) is 9.09. The highest BCUT2D eigenvalue weighted by atomic mass is 16.5. The second-order valence-corrected chi connectivity index (χ2v) is 6.58. The normalized spacial score (nSPS) is 14.8. The molecule has 26 heavy (non-hydrogen) atoms. The van der Waals surface area contributed by atoms with Crippen LogP contribution < -0.4 is 10.3 Å². The van der Waals surface area contributed by atoms with Gasteiger partial charge in [0.15, 0.2) is 0 Å². The molecule has 0 spiro atoms. The van der Waals surface area contributed by atoms with Gasteiger partial charge in [-0.1, -0.05) is 0 Å². The number of likely N-dealkylation sites (tertiary alicyclic amines) is 1. The number of pyridine rings is 1. The summed E-state index contributed by atoms with van der Waals surface area (Å²) in [4.78, 5) is 26.0. The second kappa shape index (κ2) is 7.66. The molecule has 0 radical (unpaired) electrons. The first-order chi connectivity index (χ1) is 12.8. The molecular weight excluding hydrogens is 328 g/mol. The van der Waals surface area contributed by atoms with Crippen LogP contribution in [0.25, 0.3) is 22.3 Å². The molecule has 3 heterocycles. The smallest absolute Gasteiger partial charge is 0.259 e. The van der Waals surface area contributed by atoms with Gasteiger partial charge in [-0.3, -0.25) is 9.78 Å². The highest BCUT2D eigenvalue weighted by Crippen LogP contribution is 2.20. The highest BCUT2D eigenvalue weighted by Gasteiger charge is 2.10. The molecule has 1 fully saturated rings. The zero-order valence-electron chi connectivity index (χ0n) is 14.6. The largest absolute Gasteiger partial charge is 0.494 e. The number of ether oxygens (including phenoxy) is 1. The Morgan fingerprint density at radius 3 is 2.73 bits per heavy atom. The van der Waals surface area contributed by atoms with E-state index in [9.17, 15) is 4.79 Å². The number of fused-ring (bicyclic) bond motifs is 1. The van der Waals surface area contributed by atoms with Gasteiger partial charge in [-0.25, -0.2) is 4.98 Å². The maximum absolute atomic E-state index is 12.2. The molecular formula is C20H22N4O2. The fourth-order valence-electron chi connectivity index (χ4n) is 3.32. The van der Waals surface area contributed by atoms with Crippen molar-refractivity contribution in [3.8, 4) is 17.1 Å². The van der Waals surface area contributed by atoms with Gasteiger partial charge in [0.05, 0.1) is 23.7 Å². The summed E-state index contributed by atoms with van der Waals surface area (Å²) in [6.07, 6.45) is 6.88. The molecule has 0 bridgehead atoms. The van der Waals surface area contributed by atoms with Crippen LogP contribution in [0.1, 0.15) is 19.3 Å². The van der Waals surface area contributed by atoms with Crippen molar-refractivity contribution in [1.82, 2.24) is 19.9 Å². The third kappa shape index (κ3) is 3.75. The summed E-state index contributed by atoms with van der Waals surface area (Å²) >= 11 is 0. The van der Waals surface area contributed by atoms with E-state index in [1.807, 2.05) is 24.3 Å². The van der Waals surface area contributed by atoms with Crippen LogP contribution in [0.3, 0.4) is 0 Å². The topological polar surface area (TPSA) is 71.1 Å². The molecule has 3 aromatic rings. The van der Waals surface area contributed by atoms with Crippen molar-refractivity contribution >= 4 is 10.9 Å². The Morgan fingerprint density at radius 2 is 1.92 bits per heavy atom. The number of rotatable bonds is 6. The molecule has 0 aliphatic carbocycles. The van der Waals surface area contributed by atoms with E-state index in [-0.39, 0.29) is 5.56 Å². The summed E-state index contributed by atoms with van der Waals surface area (Å²) in [6.45, 7) is 4.27. The van der Waals surface area contributed by atoms with E-state index in [0.717, 1.165) is 24.3 Å². The number of aromatic nitrogens is 3. The zero-order valence-corrected chi connectivity index (χ0v) is 14.6. The Hall–Kier alpha value is -2.73. The van der Waals surface area contributed by atoms with Crippen LogP contribution in [-0.4, -0.2) is 46.1 Å². The summed E-state index contributed by atoms with van der Waals surface area (Å²) in [7, 11) is 0. The molecule has 134 valence electrons. The van der Waals surface area contributed by atoms with Crippen LogP contribution >= 0.6 is 0 Å². The Morgan fingerprint density at radius 1 is 1.12 bits per heavy atom. The summed E-state index contributed by atoms with van der Waals surface area (Å²) < 4.78 is 5.82. The maximum Gasteiger partial charge on any atom is 0.259 e. The van der Waals surface area contributed by atoms with Crippen molar-refractivity contribution in [3.05, 3.63) is 53.1 Å². The van der Waals surface area contributed by atoms with Crippen LogP contribution in [0, 0.1) is 0 Å². The Labute approximate surface area is 151 Å². The molecule has 2 aromatic heterocycles. The average molecular weight is 350 g/mol. The predicted molar refractivity (Wildman–Crippen MR) is 101 cm³/mol. The lowest BCUT2D eigenvalue weighted by Gasteiger charge is -2.14. The van der Waals surface area contributed by atoms with Gasteiger partial charge in [-0.15, -0.1) is 0 Å². The van der Waals surface area contributed by atoms with E-state index in [0.29, 0.717) is 23.3 Å². The fourth-order valence-corrected chi connectivity index (χ4v) is 3.32. The van der Waals surface area contributed by atoms with E-state index < -0.39 is 0 Å². The maximum atomic E-state index is 12.2. The minimum atomic E-state index is -0.158. The molecule has 0 unspecified atom stereocenters. The minimum Gasteiger partial charge on any atom is -0.494 e. The van der Waals surface area contributed by atoms with Crippen LogP contribution in [0.5, 0.6) is 5.75 Å². The van der Waals surface area contributed by atoms with Crippen molar-refractivity contribution in [1.29, 1.82) is 0 Å². The van der Waals surface area contributed by atoms with Gasteiger partial charge in [0.2, 0.25) is 0 Å². The van der Waals surface area contributed by atoms with Gasteiger partial charge in [-0.05, 0) is 62.7 Å². The summed E-state index contributed by atoms with van der Waals surface area (Å²) in [6, 6.07) is 9.33. The molecule has 4 rings (SSSR count). The number of H-pyrrole nitrogens is 1. The number of hydrogen-bond acceptors (Lipinski definition) is 5. The quantitative estimate of drug-likeness (QED) is 0.692. The van der Waals surface area contributed by atoms with Gasteiger partial charge in [0, 0.05) is 18.3 Å². The third-order valence-corrected chi connectivity index (χ3v) is 4.72. The molecule has 6 nitrogen and oxygen atoms in total. The van der Waals surface area contributed by atoms with Crippen molar-refractivity contribution < 1.29 is 4.74 Å². The minimum absolute atomic E-state index is 0.158. The van der Waals surface area contributed by atoms with Gasteiger partial charge >= 0.3 is 0 Å². The molecule has 1 aromatic carbocycles. The molecule has 0 atom stereocenters. The first-order valence-corrected chi connectivity index (χ1v) is 9.09. The lowest BCUT2D eigenvalue weighted by atomic mass is 10.2. The van der Waals surface area contributed by atoms with Crippen LogP contribution in [0.2, 0.25) is 0 Å². The molecule has 1 aliphatic rings. The van der Waals surface area contributed by atoms with Crippen molar-refractivity contribution in [2.75, 3.05) is 26.2 Å². The number of benzene rings is 1. The molecule has 1 saturated heterocycles. The monoisotopic (exact) mass is 350 g/mol. The summed E-state index contributed by atoms with van der Waals surface area (Å²) in [5.74, 6) is 1.37. The lowest BCUT2D eigenvalue weighted by molar-refractivity contribution is 0.263. The van der Waals surface area contributed by atoms with Gasteiger partial charge < -0.3 is 14.6 Å². The van der Waals surface area contributed by atoms with Crippen LogP contribution in [0.15, 0.2) is 47.5 Å². The van der Waals surface area contributed by atoms with E-state index in [1.165, 1.54) is 25.9 Å². The number of nitrogens with zero attached hydrogens (tertiary/aromatic N) is 3. The Kier molecular flexibility index (Phi) is 4.93. The molecule has 1 N–H and O–H groups in total. The van der Waals surface area contributed by atoms with Gasteiger partial charge in [0.1, 0.15) is 11.6 Å². The summed E-state index contributed by atoms with van der Waals surface area (Å²) in [5, 5.41) is 0.543. The third-order valence-electron chi connectivity index (χ3n) is 4.72. The van der Waals surface area contributed by atoms with Crippen molar-refractivity contribution in [2.24, 2.45) is 0 Å². The van der Waals surface area contributed by atoms with Gasteiger partial charge in [-0.2, -0.15) is 0 Å². The number of aromatic amines is 1. The lowest BCUT2D eigenvalue weighted by Crippen LogP contribution is -2.21. The SMILES string of the molecule is O=c1[nH]c(-c2ccc(OCCCN3CCCC3)cc2)nc2cnccc12. The van der Waals surface area contributed by atoms with E-state index in [1.54, 1.807) is 18.5 Å². The van der Waals surface area contributed by atoms with Crippen LogP contribution in [-0.2, 0) is 0 Å². The molecule has 1 aliphatic heterocycles. The highest BCUT2D eigenvalue weighted by molar-refractivity contribution is 5.78. The first kappa shape index (κ1) is 16.7. The van der Waals surface area contributed by atoms with E-state index in [2.05, 4.69) is 19.9 Å². The predicted octanol–water partition coefficient (Wildman–Crippen LogP) is 2.85. The Balaban J connectivity index is 1.40. The second-order valence-electron chi connectivity index (χ2n) is 6.58. The zero-order chi connectivity index (χ0) is 17.8. The number of hydrogen-bond donors (Lipinski definition) is 1. The molecule has 6 heteroatoms. The van der Waals surface area contributed by atoms with Crippen molar-refractivity contribution in [3.63, 3.8) is 0 Å². The van der Waals surface area contributed by atoms with E-state index >= 15 is 0 Å². The van der Waals surface area contributed by atoms with E-state index in [4.69, 9.17) is 4.74 Å².